The van der Waals surface area contributed by atoms with Gasteiger partial charge in [-0.15, -0.1) is 23.1 Å². The van der Waals surface area contributed by atoms with E-state index in [1.54, 1.807) is 35.2 Å². The lowest BCUT2D eigenvalue weighted by Crippen LogP contribution is -2.30. The maximum atomic E-state index is 12.2. The molecule has 0 aliphatic heterocycles. The monoisotopic (exact) mass is 440 g/mol. The molecule has 1 heterocycles. The second-order valence-corrected chi connectivity index (χ2v) is 8.88. The number of aryl methyl sites for hydroxylation is 2. The van der Waals surface area contributed by atoms with Gasteiger partial charge in [0.25, 0.3) is 5.91 Å². The number of thioether (sulfide) groups is 1. The molecule has 0 fully saturated rings. The van der Waals surface area contributed by atoms with Gasteiger partial charge in [0.2, 0.25) is 0 Å². The molecule has 0 spiro atoms. The van der Waals surface area contributed by atoms with E-state index in [1.807, 2.05) is 50.2 Å². The highest BCUT2D eigenvalue weighted by molar-refractivity contribution is 7.98. The van der Waals surface area contributed by atoms with Crippen LogP contribution in [-0.4, -0.2) is 30.0 Å². The van der Waals surface area contributed by atoms with E-state index >= 15 is 0 Å². The Bertz CT molecular complexity index is 1000. The van der Waals surface area contributed by atoms with Crippen molar-refractivity contribution in [1.82, 2.24) is 10.3 Å². The predicted octanol–water partition coefficient (Wildman–Crippen LogP) is 4.57. The molecule has 30 heavy (non-hydrogen) atoms. The Morgan fingerprint density at radius 1 is 1.10 bits per heavy atom. The zero-order valence-corrected chi connectivity index (χ0v) is 18.6. The molecule has 156 valence electrons. The Hall–Kier alpha value is -2.64. The maximum Gasteiger partial charge on any atom is 0.338 e. The Balaban J connectivity index is 1.38. The lowest BCUT2D eigenvalue weighted by atomic mass is 10.1. The van der Waals surface area contributed by atoms with Gasteiger partial charge < -0.3 is 10.1 Å². The van der Waals surface area contributed by atoms with Crippen LogP contribution in [0.3, 0.4) is 0 Å². The normalized spacial score (nSPS) is 10.6. The van der Waals surface area contributed by atoms with E-state index < -0.39 is 5.97 Å². The molecule has 1 amide bonds. The van der Waals surface area contributed by atoms with Crippen LogP contribution in [0.15, 0.2) is 58.8 Å². The molecule has 3 rings (SSSR count). The minimum Gasteiger partial charge on any atom is -0.452 e. The van der Waals surface area contributed by atoms with Gasteiger partial charge in [0.05, 0.1) is 16.3 Å². The number of nitrogens with zero attached hydrogens (tertiary/aromatic N) is 1. The fraction of sp³-hybridized carbons (Fsp3) is 0.261. The van der Waals surface area contributed by atoms with Gasteiger partial charge in [0.1, 0.15) is 0 Å². The largest absolute Gasteiger partial charge is 0.452 e. The van der Waals surface area contributed by atoms with Crippen LogP contribution in [0.25, 0.3) is 0 Å². The average molecular weight is 441 g/mol. The van der Waals surface area contributed by atoms with Crippen LogP contribution in [0.2, 0.25) is 0 Å². The summed E-state index contributed by atoms with van der Waals surface area (Å²) in [5, 5.41) is 5.90. The van der Waals surface area contributed by atoms with Gasteiger partial charge in [-0.2, -0.15) is 0 Å². The number of rotatable bonds is 9. The summed E-state index contributed by atoms with van der Waals surface area (Å²) in [4.78, 5) is 29.6. The third kappa shape index (κ3) is 6.71. The number of aromatic nitrogens is 1. The van der Waals surface area contributed by atoms with E-state index in [4.69, 9.17) is 4.74 Å². The van der Waals surface area contributed by atoms with E-state index in [9.17, 15) is 9.59 Å². The van der Waals surface area contributed by atoms with Gasteiger partial charge in [0, 0.05) is 22.6 Å². The van der Waals surface area contributed by atoms with Crippen LogP contribution in [0.1, 0.15) is 32.2 Å². The second kappa shape index (κ2) is 10.9. The first-order valence-corrected chi connectivity index (χ1v) is 11.5. The first kappa shape index (κ1) is 22.1. The summed E-state index contributed by atoms with van der Waals surface area (Å²) in [6.45, 7) is 4.25. The highest BCUT2D eigenvalue weighted by Gasteiger charge is 2.10. The summed E-state index contributed by atoms with van der Waals surface area (Å²) in [5.74, 6) is -0.0185. The lowest BCUT2D eigenvalue weighted by Gasteiger charge is -2.08. The zero-order valence-electron chi connectivity index (χ0n) is 17.0. The van der Waals surface area contributed by atoms with Gasteiger partial charge >= 0.3 is 5.97 Å². The Morgan fingerprint density at radius 2 is 1.87 bits per heavy atom. The molecule has 1 aromatic heterocycles. The van der Waals surface area contributed by atoms with Crippen molar-refractivity contribution in [3.05, 3.63) is 81.3 Å². The number of hydrogen-bond acceptors (Lipinski definition) is 6. The highest BCUT2D eigenvalue weighted by Crippen LogP contribution is 2.24. The van der Waals surface area contributed by atoms with Crippen molar-refractivity contribution >= 4 is 35.0 Å². The minimum atomic E-state index is -0.504. The molecule has 0 bridgehead atoms. The van der Waals surface area contributed by atoms with Crippen molar-refractivity contribution in [2.24, 2.45) is 0 Å². The van der Waals surface area contributed by atoms with Crippen molar-refractivity contribution in [3.63, 3.8) is 0 Å². The smallest absolute Gasteiger partial charge is 0.338 e. The number of ether oxygens (including phenoxy) is 1. The second-order valence-electron chi connectivity index (χ2n) is 6.77. The molecule has 0 unspecified atom stereocenters. The number of hydrogen-bond donors (Lipinski definition) is 1. The number of carbonyl (C=O) groups is 2. The Kier molecular flexibility index (Phi) is 8.04. The van der Waals surface area contributed by atoms with Gasteiger partial charge in [-0.1, -0.05) is 24.3 Å². The minimum absolute atomic E-state index is 0.285. The van der Waals surface area contributed by atoms with E-state index in [2.05, 4.69) is 15.7 Å². The van der Waals surface area contributed by atoms with Gasteiger partial charge in [-0.05, 0) is 55.7 Å². The number of benzene rings is 2. The standard InChI is InChI=1S/C23H24N2O3S2/c1-16-5-3-4-6-18(16)11-12-24-22(26)13-28-23(27)19-7-9-21(10-8-19)30-15-20-14-29-17(2)25-20/h3-10,14H,11-13,15H2,1-2H3,(H,24,26). The molecule has 0 radical (unpaired) electrons. The number of thiazole rings is 1. The molecule has 0 atom stereocenters. The molecule has 2 aromatic carbocycles. The van der Waals surface area contributed by atoms with Crippen molar-refractivity contribution < 1.29 is 14.3 Å². The molecular formula is C23H24N2O3S2. The van der Waals surface area contributed by atoms with E-state index in [-0.39, 0.29) is 12.5 Å². The predicted molar refractivity (Wildman–Crippen MR) is 121 cm³/mol. The lowest BCUT2D eigenvalue weighted by molar-refractivity contribution is -0.124. The van der Waals surface area contributed by atoms with Gasteiger partial charge in [-0.3, -0.25) is 4.79 Å². The Morgan fingerprint density at radius 3 is 2.57 bits per heavy atom. The van der Waals surface area contributed by atoms with E-state index in [1.165, 1.54) is 11.1 Å². The van der Waals surface area contributed by atoms with Crippen LogP contribution in [0.4, 0.5) is 0 Å². The summed E-state index contributed by atoms with van der Waals surface area (Å²) in [6, 6.07) is 15.2. The molecule has 7 heteroatoms. The third-order valence-corrected chi connectivity index (χ3v) is 6.32. The summed E-state index contributed by atoms with van der Waals surface area (Å²) < 4.78 is 5.12. The Labute approximate surface area is 184 Å². The maximum absolute atomic E-state index is 12.2. The SMILES string of the molecule is Cc1nc(CSc2ccc(C(=O)OCC(=O)NCCc3ccccc3C)cc2)cs1. The fourth-order valence-electron chi connectivity index (χ4n) is 2.81. The number of carbonyl (C=O) groups excluding carboxylic acids is 2. The first-order valence-electron chi connectivity index (χ1n) is 9.63. The molecule has 0 aliphatic carbocycles. The summed E-state index contributed by atoms with van der Waals surface area (Å²) in [5.41, 5.74) is 3.87. The van der Waals surface area contributed by atoms with E-state index in [0.717, 1.165) is 27.8 Å². The molecule has 0 saturated heterocycles. The van der Waals surface area contributed by atoms with Crippen molar-refractivity contribution in [2.45, 2.75) is 30.9 Å². The van der Waals surface area contributed by atoms with Crippen molar-refractivity contribution in [3.8, 4) is 0 Å². The van der Waals surface area contributed by atoms with Crippen LogP contribution in [0.5, 0.6) is 0 Å². The number of esters is 1. The van der Waals surface area contributed by atoms with Crippen LogP contribution in [0, 0.1) is 13.8 Å². The zero-order chi connectivity index (χ0) is 21.3. The molecular weight excluding hydrogens is 416 g/mol. The summed E-state index contributed by atoms with van der Waals surface area (Å²) in [6.07, 6.45) is 0.742. The summed E-state index contributed by atoms with van der Waals surface area (Å²) in [7, 11) is 0. The number of amides is 1. The molecule has 0 aliphatic rings. The highest BCUT2D eigenvalue weighted by atomic mass is 32.2. The van der Waals surface area contributed by atoms with Crippen LogP contribution in [-0.2, 0) is 21.7 Å². The number of nitrogens with one attached hydrogen (secondary N) is 1. The van der Waals surface area contributed by atoms with Crippen LogP contribution < -0.4 is 5.32 Å². The van der Waals surface area contributed by atoms with Crippen LogP contribution >= 0.6 is 23.1 Å². The quantitative estimate of drug-likeness (QED) is 0.390. The topological polar surface area (TPSA) is 68.3 Å². The summed E-state index contributed by atoms with van der Waals surface area (Å²) >= 11 is 3.30. The first-order chi connectivity index (χ1) is 14.5. The molecule has 1 N–H and O–H groups in total. The van der Waals surface area contributed by atoms with Gasteiger partial charge in [-0.25, -0.2) is 9.78 Å². The van der Waals surface area contributed by atoms with Crippen molar-refractivity contribution in [1.29, 1.82) is 0 Å². The van der Waals surface area contributed by atoms with Gasteiger partial charge in [0.15, 0.2) is 6.61 Å². The third-order valence-electron chi connectivity index (χ3n) is 4.46. The molecule has 3 aromatic rings. The average Bonchev–Trinajstić information content (AvgIpc) is 3.17. The fourth-order valence-corrected chi connectivity index (χ4v) is 4.32. The molecule has 0 saturated carbocycles. The van der Waals surface area contributed by atoms with Crippen molar-refractivity contribution in [2.75, 3.05) is 13.2 Å². The van der Waals surface area contributed by atoms with E-state index in [0.29, 0.717) is 12.1 Å². The molecule has 5 nitrogen and oxygen atoms in total.